The predicted molar refractivity (Wildman–Crippen MR) is 103 cm³/mol. The highest BCUT2D eigenvalue weighted by Gasteiger charge is 2.24. The molecule has 1 aromatic carbocycles. The molecule has 2 heterocycles. The molecule has 1 aromatic heterocycles. The molecule has 7 heteroatoms. The lowest BCUT2D eigenvalue weighted by atomic mass is 10.1. The van der Waals surface area contributed by atoms with Gasteiger partial charge in [0.1, 0.15) is 12.4 Å². The molecule has 2 aromatic rings. The highest BCUT2D eigenvalue weighted by atomic mass is 35.5. The second-order valence-corrected chi connectivity index (χ2v) is 7.45. The van der Waals surface area contributed by atoms with Gasteiger partial charge in [0, 0.05) is 29.2 Å². The summed E-state index contributed by atoms with van der Waals surface area (Å²) in [6, 6.07) is 5.32. The van der Waals surface area contributed by atoms with E-state index < -0.39 is 0 Å². The van der Waals surface area contributed by atoms with Gasteiger partial charge >= 0.3 is 0 Å². The number of aromatic nitrogens is 2. The number of carbonyl (C=O) groups excluding carboxylic acids is 2. The van der Waals surface area contributed by atoms with Crippen LogP contribution in [-0.4, -0.2) is 39.5 Å². The summed E-state index contributed by atoms with van der Waals surface area (Å²) in [5, 5.41) is 5.10. The van der Waals surface area contributed by atoms with Gasteiger partial charge in [-0.1, -0.05) is 11.6 Å². The molecule has 0 fully saturated rings. The fraction of sp³-hybridized carbons (Fsp3) is 0.450. The third-order valence-corrected chi connectivity index (χ3v) is 5.15. The molecule has 0 unspecified atom stereocenters. The molecule has 0 N–H and O–H groups in total. The SMILES string of the molecule is CC(=O)c1c(C)nn([C@H](C)CC(=O)N2CCOc3ccc(Cl)cc3C2)c1C. The number of ether oxygens (including phenoxy) is 1. The average Bonchev–Trinajstić information content (AvgIpc) is 2.77. The number of nitrogens with zero attached hydrogens (tertiary/aromatic N) is 3. The normalized spacial score (nSPS) is 14.9. The standard InChI is InChI=1S/C20H24ClN3O3/c1-12(24-14(3)20(15(4)25)13(2)22-24)9-19(26)23-7-8-27-18-6-5-17(21)10-16(18)11-23/h5-6,10,12H,7-9,11H2,1-4H3/t12-/m1/s1. The van der Waals surface area contributed by atoms with Crippen molar-refractivity contribution in [3.05, 3.63) is 45.7 Å². The Labute approximate surface area is 164 Å². The van der Waals surface area contributed by atoms with E-state index in [9.17, 15) is 9.59 Å². The maximum Gasteiger partial charge on any atom is 0.225 e. The van der Waals surface area contributed by atoms with Crippen LogP contribution in [0.3, 0.4) is 0 Å². The van der Waals surface area contributed by atoms with Crippen LogP contribution in [0.25, 0.3) is 0 Å². The van der Waals surface area contributed by atoms with Crippen molar-refractivity contribution < 1.29 is 14.3 Å². The van der Waals surface area contributed by atoms with Crippen LogP contribution in [0.15, 0.2) is 18.2 Å². The molecule has 144 valence electrons. The largest absolute Gasteiger partial charge is 0.491 e. The third-order valence-electron chi connectivity index (χ3n) is 4.92. The van der Waals surface area contributed by atoms with Crippen molar-refractivity contribution in [2.45, 2.75) is 46.7 Å². The molecule has 0 saturated carbocycles. The van der Waals surface area contributed by atoms with Crippen molar-refractivity contribution in [3.63, 3.8) is 0 Å². The summed E-state index contributed by atoms with van der Waals surface area (Å²) in [5.74, 6) is 0.788. The van der Waals surface area contributed by atoms with Gasteiger partial charge in [-0.2, -0.15) is 5.10 Å². The molecule has 1 atom stereocenters. The molecule has 3 rings (SSSR count). The number of halogens is 1. The van der Waals surface area contributed by atoms with Gasteiger partial charge in [-0.05, 0) is 45.9 Å². The van der Waals surface area contributed by atoms with E-state index in [0.717, 1.165) is 17.0 Å². The molecule has 1 aliphatic heterocycles. The topological polar surface area (TPSA) is 64.4 Å². The summed E-state index contributed by atoms with van der Waals surface area (Å²) in [6.45, 7) is 8.61. The van der Waals surface area contributed by atoms with Gasteiger partial charge in [-0.15, -0.1) is 0 Å². The Hall–Kier alpha value is -2.34. The van der Waals surface area contributed by atoms with Crippen molar-refractivity contribution in [2.24, 2.45) is 0 Å². The number of carbonyl (C=O) groups is 2. The van der Waals surface area contributed by atoms with Gasteiger partial charge in [0.15, 0.2) is 5.78 Å². The van der Waals surface area contributed by atoms with E-state index >= 15 is 0 Å². The number of hydrogen-bond donors (Lipinski definition) is 0. The first-order valence-corrected chi connectivity index (χ1v) is 9.41. The van der Waals surface area contributed by atoms with Crippen molar-refractivity contribution in [3.8, 4) is 5.75 Å². The maximum absolute atomic E-state index is 12.9. The Kier molecular flexibility index (Phi) is 5.56. The monoisotopic (exact) mass is 389 g/mol. The second-order valence-electron chi connectivity index (χ2n) is 7.02. The Morgan fingerprint density at radius 2 is 2.07 bits per heavy atom. The van der Waals surface area contributed by atoms with Crippen LogP contribution < -0.4 is 4.74 Å². The van der Waals surface area contributed by atoms with Gasteiger partial charge in [0.05, 0.1) is 23.8 Å². The van der Waals surface area contributed by atoms with Crippen molar-refractivity contribution in [1.29, 1.82) is 0 Å². The highest BCUT2D eigenvalue weighted by molar-refractivity contribution is 6.30. The Morgan fingerprint density at radius 1 is 1.33 bits per heavy atom. The summed E-state index contributed by atoms with van der Waals surface area (Å²) in [5.41, 5.74) is 3.05. The molecule has 0 radical (unpaired) electrons. The number of Topliss-reactive ketones (excluding diaryl/α,β-unsaturated/α-hetero) is 1. The van der Waals surface area contributed by atoms with Crippen LogP contribution >= 0.6 is 11.6 Å². The maximum atomic E-state index is 12.9. The Bertz CT molecular complexity index is 891. The van der Waals surface area contributed by atoms with Gasteiger partial charge in [0.25, 0.3) is 0 Å². The zero-order valence-corrected chi connectivity index (χ0v) is 16.8. The van der Waals surface area contributed by atoms with Crippen LogP contribution in [0.5, 0.6) is 5.75 Å². The quantitative estimate of drug-likeness (QED) is 0.747. The number of fused-ring (bicyclic) bond motifs is 1. The minimum atomic E-state index is -0.146. The van der Waals surface area contributed by atoms with Gasteiger partial charge in [-0.25, -0.2) is 0 Å². The van der Waals surface area contributed by atoms with Crippen molar-refractivity contribution in [1.82, 2.24) is 14.7 Å². The van der Waals surface area contributed by atoms with E-state index in [1.165, 1.54) is 6.92 Å². The first-order chi connectivity index (χ1) is 12.8. The van der Waals surface area contributed by atoms with Crippen LogP contribution in [0.1, 0.15) is 53.6 Å². The average molecular weight is 390 g/mol. The fourth-order valence-corrected chi connectivity index (χ4v) is 3.84. The Morgan fingerprint density at radius 3 is 2.74 bits per heavy atom. The number of rotatable bonds is 4. The Balaban J connectivity index is 1.75. The summed E-state index contributed by atoms with van der Waals surface area (Å²) in [6.07, 6.45) is 0.301. The minimum absolute atomic E-state index is 0.00655. The van der Waals surface area contributed by atoms with Crippen LogP contribution in [0.4, 0.5) is 0 Å². The van der Waals surface area contributed by atoms with Gasteiger partial charge in [0.2, 0.25) is 5.91 Å². The van der Waals surface area contributed by atoms with Crippen LogP contribution in [0.2, 0.25) is 5.02 Å². The van der Waals surface area contributed by atoms with Crippen molar-refractivity contribution in [2.75, 3.05) is 13.2 Å². The first kappa shape index (κ1) is 19.4. The molecule has 1 aliphatic rings. The second kappa shape index (κ2) is 7.72. The smallest absolute Gasteiger partial charge is 0.225 e. The van der Waals surface area contributed by atoms with E-state index in [0.29, 0.717) is 42.4 Å². The number of hydrogen-bond acceptors (Lipinski definition) is 4. The number of amides is 1. The molecule has 0 saturated heterocycles. The molecule has 1 amide bonds. The zero-order valence-electron chi connectivity index (χ0n) is 16.1. The predicted octanol–water partition coefficient (Wildman–Crippen LogP) is 3.73. The fourth-order valence-electron chi connectivity index (χ4n) is 3.65. The lowest BCUT2D eigenvalue weighted by molar-refractivity contribution is -0.132. The summed E-state index contributed by atoms with van der Waals surface area (Å²) >= 11 is 6.08. The number of benzene rings is 1. The molecular formula is C20H24ClN3O3. The lowest BCUT2D eigenvalue weighted by Gasteiger charge is -2.22. The van der Waals surface area contributed by atoms with Crippen molar-refractivity contribution >= 4 is 23.3 Å². The highest BCUT2D eigenvalue weighted by Crippen LogP contribution is 2.27. The third kappa shape index (κ3) is 4.00. The van der Waals surface area contributed by atoms with Crippen LogP contribution in [0, 0.1) is 13.8 Å². The first-order valence-electron chi connectivity index (χ1n) is 9.03. The lowest BCUT2D eigenvalue weighted by Crippen LogP contribution is -2.34. The minimum Gasteiger partial charge on any atom is -0.491 e. The van der Waals surface area contributed by atoms with Crippen LogP contribution in [-0.2, 0) is 11.3 Å². The van der Waals surface area contributed by atoms with Gasteiger partial charge < -0.3 is 9.64 Å². The van der Waals surface area contributed by atoms with E-state index in [1.807, 2.05) is 32.9 Å². The molecular weight excluding hydrogens is 366 g/mol. The van der Waals surface area contributed by atoms with Gasteiger partial charge in [-0.3, -0.25) is 14.3 Å². The zero-order chi connectivity index (χ0) is 19.7. The summed E-state index contributed by atoms with van der Waals surface area (Å²) < 4.78 is 7.51. The molecule has 0 spiro atoms. The summed E-state index contributed by atoms with van der Waals surface area (Å²) in [7, 11) is 0. The van der Waals surface area contributed by atoms with E-state index in [4.69, 9.17) is 16.3 Å². The molecule has 27 heavy (non-hydrogen) atoms. The molecule has 0 aliphatic carbocycles. The summed E-state index contributed by atoms with van der Waals surface area (Å²) in [4.78, 5) is 26.5. The molecule has 6 nitrogen and oxygen atoms in total. The van der Waals surface area contributed by atoms with E-state index in [-0.39, 0.29) is 17.7 Å². The number of aryl methyl sites for hydroxylation is 1. The van der Waals surface area contributed by atoms with E-state index in [2.05, 4.69) is 5.10 Å². The number of ketones is 1. The van der Waals surface area contributed by atoms with E-state index in [1.54, 1.807) is 15.6 Å². The molecule has 0 bridgehead atoms.